The highest BCUT2D eigenvalue weighted by Crippen LogP contribution is 2.10. The summed E-state index contributed by atoms with van der Waals surface area (Å²) in [6, 6.07) is 53.3. The van der Waals surface area contributed by atoms with Gasteiger partial charge in [0.2, 0.25) is 12.4 Å². The third-order valence-electron chi connectivity index (χ3n) is 7.41. The summed E-state index contributed by atoms with van der Waals surface area (Å²) in [7, 11) is 3.29. The van der Waals surface area contributed by atoms with Crippen molar-refractivity contribution in [1.29, 1.82) is 0 Å². The third kappa shape index (κ3) is 6.05. The summed E-state index contributed by atoms with van der Waals surface area (Å²) in [5.74, 6) is 0. The van der Waals surface area contributed by atoms with Crippen LogP contribution in [0.5, 0.6) is 0 Å². The van der Waals surface area contributed by atoms with Gasteiger partial charge in [-0.3, -0.25) is 0 Å². The lowest BCUT2D eigenvalue weighted by Gasteiger charge is -2.44. The van der Waals surface area contributed by atoms with Crippen molar-refractivity contribution in [2.75, 3.05) is 14.1 Å². The van der Waals surface area contributed by atoms with Gasteiger partial charge in [-0.2, -0.15) is 26.7 Å². The summed E-state index contributed by atoms with van der Waals surface area (Å²) in [6.07, 6.45) is 1.87. The van der Waals surface area contributed by atoms with E-state index in [2.05, 4.69) is 121 Å². The Bertz CT molecular complexity index is 1530. The summed E-state index contributed by atoms with van der Waals surface area (Å²) >= 11 is 0. The Hall–Kier alpha value is -5.16. The first-order valence-electron chi connectivity index (χ1n) is 13.8. The van der Waals surface area contributed by atoms with Gasteiger partial charge in [0.1, 0.15) is 6.15 Å². The summed E-state index contributed by atoms with van der Waals surface area (Å²) in [5, 5.41) is 2.14. The van der Waals surface area contributed by atoms with E-state index >= 15 is 0 Å². The third-order valence-corrected chi connectivity index (χ3v) is 7.41. The van der Waals surface area contributed by atoms with E-state index in [1.807, 2.05) is 30.3 Å². The van der Waals surface area contributed by atoms with E-state index in [1.54, 1.807) is 26.5 Å². The van der Waals surface area contributed by atoms with E-state index in [0.717, 1.165) is 10.8 Å². The zero-order chi connectivity index (χ0) is 28.5. The van der Waals surface area contributed by atoms with E-state index in [0.29, 0.717) is 0 Å². The van der Waals surface area contributed by atoms with Crippen LogP contribution in [0.1, 0.15) is 0 Å². The number of fused-ring (bicyclic) bond motifs is 1. The van der Waals surface area contributed by atoms with Crippen LogP contribution in [0.3, 0.4) is 0 Å². The normalized spacial score (nSPS) is 10.8. The minimum Gasteiger partial charge on any atom is -0.309 e. The summed E-state index contributed by atoms with van der Waals surface area (Å²) in [5.41, 5.74) is 5.36. The number of pyridine rings is 1. The first-order chi connectivity index (χ1) is 20.1. The quantitative estimate of drug-likeness (QED) is 0.243. The van der Waals surface area contributed by atoms with E-state index in [-0.39, 0.29) is 0 Å². The molecule has 0 aliphatic heterocycles. The Morgan fingerprint density at radius 2 is 0.902 bits per heavy atom. The fourth-order valence-electron chi connectivity index (χ4n) is 5.46. The maximum atomic E-state index is 11.3. The minimum atomic E-state index is -1.22. The predicted octanol–water partition coefficient (Wildman–Crippen LogP) is 4.30. The molecule has 1 amide bonds. The molecule has 6 aromatic rings. The van der Waals surface area contributed by atoms with Crippen molar-refractivity contribution >= 4 is 44.9 Å². The predicted molar refractivity (Wildman–Crippen MR) is 170 cm³/mol. The smallest absolute Gasteiger partial charge is 0.309 e. The lowest BCUT2D eigenvalue weighted by Crippen LogP contribution is -2.74. The Morgan fingerprint density at radius 3 is 1.29 bits per heavy atom. The Balaban J connectivity index is 0.000000182. The highest BCUT2D eigenvalue weighted by Gasteiger charge is 2.31. The van der Waals surface area contributed by atoms with Crippen LogP contribution < -0.4 is 31.4 Å². The second-order valence-electron chi connectivity index (χ2n) is 10.2. The molecule has 0 aliphatic rings. The van der Waals surface area contributed by atoms with Gasteiger partial charge in [-0.1, -0.05) is 140 Å². The van der Waals surface area contributed by atoms with Crippen molar-refractivity contribution in [2.45, 2.75) is 0 Å². The van der Waals surface area contributed by atoms with Crippen molar-refractivity contribution in [3.05, 3.63) is 164 Å². The number of amides is 1. The van der Waals surface area contributed by atoms with Gasteiger partial charge in [0.05, 0.1) is 5.39 Å². The van der Waals surface area contributed by atoms with Crippen molar-refractivity contribution < 1.29 is 14.4 Å². The molecule has 5 aromatic carbocycles. The van der Waals surface area contributed by atoms with Crippen LogP contribution in [0.2, 0.25) is 0 Å². The number of hydrogen-bond donors (Lipinski definition) is 0. The van der Waals surface area contributed by atoms with Crippen LogP contribution in [0.15, 0.2) is 164 Å². The molecule has 1 aromatic heterocycles. The maximum Gasteiger partial charge on any atom is 0.477 e. The largest absolute Gasteiger partial charge is 0.477 e. The number of carbonyl (C=O) groups is 1. The zero-order valence-electron chi connectivity index (χ0n) is 23.4. The molecule has 202 valence electrons. The van der Waals surface area contributed by atoms with E-state index in [1.165, 1.54) is 31.5 Å². The number of rotatable bonds is 5. The van der Waals surface area contributed by atoms with Crippen LogP contribution in [-0.4, -0.2) is 31.2 Å². The molecule has 0 aliphatic carbocycles. The van der Waals surface area contributed by atoms with Crippen LogP contribution in [-0.2, 0) is 0 Å². The number of nitrogens with zero attached hydrogens (tertiary/aromatic N) is 2. The van der Waals surface area contributed by atoms with Gasteiger partial charge in [0.25, 0.3) is 0 Å². The number of aromatic nitrogens is 1. The van der Waals surface area contributed by atoms with Crippen LogP contribution >= 0.6 is 0 Å². The molecular formula is C36H33BN2O2. The molecule has 0 saturated carbocycles. The molecule has 0 radical (unpaired) electrons. The Morgan fingerprint density at radius 1 is 0.537 bits per heavy atom. The molecular weight excluding hydrogens is 503 g/mol. The molecule has 0 atom stereocenters. The molecule has 5 heteroatoms. The molecule has 0 spiro atoms. The monoisotopic (exact) mass is 536 g/mol. The lowest BCUT2D eigenvalue weighted by atomic mass is 9.13. The molecule has 6 rings (SSSR count). The van der Waals surface area contributed by atoms with Crippen molar-refractivity contribution in [2.24, 2.45) is 0 Å². The maximum absolute atomic E-state index is 11.3. The van der Waals surface area contributed by atoms with Gasteiger partial charge < -0.3 is 4.90 Å². The first-order valence-corrected chi connectivity index (χ1v) is 13.8. The molecule has 0 unspecified atom stereocenters. The molecule has 41 heavy (non-hydrogen) atoms. The number of hydrogen-bond acceptors (Lipinski definition) is 2. The lowest BCUT2D eigenvalue weighted by molar-refractivity contribution is -0.868. The summed E-state index contributed by atoms with van der Waals surface area (Å²) in [4.78, 5) is 17.8. The highest BCUT2D eigenvalue weighted by molar-refractivity contribution is 7.19. The van der Waals surface area contributed by atoms with Crippen molar-refractivity contribution in [1.82, 2.24) is 4.90 Å². The Labute approximate surface area is 242 Å². The zero-order valence-corrected chi connectivity index (χ0v) is 23.4. The van der Waals surface area contributed by atoms with Crippen molar-refractivity contribution in [3.8, 4) is 0 Å². The standard InChI is InChI=1S/C24H20B.C12H13N2O2/c1-5-13-21(14-6-1)25(22-15-7-2-8-16-22,23-17-9-3-10-18-23)24-19-11-4-12-20-24;1-13(2)12(15)16-14-8-7-10-5-3-4-6-11(10)9-14/h1-20H;3-9H,1-2H3/q-1;+1. The van der Waals surface area contributed by atoms with Crippen molar-refractivity contribution in [3.63, 3.8) is 0 Å². The van der Waals surface area contributed by atoms with Crippen LogP contribution in [0.25, 0.3) is 10.8 Å². The molecule has 4 nitrogen and oxygen atoms in total. The highest BCUT2D eigenvalue weighted by atomic mass is 16.7. The van der Waals surface area contributed by atoms with E-state index in [4.69, 9.17) is 4.84 Å². The number of benzene rings is 5. The molecule has 1 heterocycles. The molecule has 0 fully saturated rings. The topological polar surface area (TPSA) is 33.4 Å². The fourth-order valence-corrected chi connectivity index (χ4v) is 5.46. The number of carbonyl (C=O) groups excluding carboxylic acids is 1. The molecule has 0 N–H and O–H groups in total. The summed E-state index contributed by atoms with van der Waals surface area (Å²) in [6.45, 7) is 0. The van der Waals surface area contributed by atoms with Gasteiger partial charge in [-0.05, 0) is 11.5 Å². The van der Waals surface area contributed by atoms with Crippen LogP contribution in [0, 0.1) is 0 Å². The summed E-state index contributed by atoms with van der Waals surface area (Å²) < 4.78 is 1.41. The van der Waals surface area contributed by atoms with Gasteiger partial charge in [-0.15, -0.1) is 0 Å². The van der Waals surface area contributed by atoms with E-state index in [9.17, 15) is 4.79 Å². The van der Waals surface area contributed by atoms with E-state index < -0.39 is 12.2 Å². The fraction of sp³-hybridized carbons (Fsp3) is 0.0556. The van der Waals surface area contributed by atoms with Crippen LogP contribution in [0.4, 0.5) is 4.79 Å². The first kappa shape index (κ1) is 27.4. The molecule has 0 bridgehead atoms. The van der Waals surface area contributed by atoms with Gasteiger partial charge in [-0.25, -0.2) is 4.79 Å². The SMILES string of the molecule is CN(C)C(=O)O[n+]1ccc2ccccc2c1.c1ccc([B-](c2ccccc2)(c2ccccc2)c2ccccc2)cc1. The Kier molecular flexibility index (Phi) is 8.56. The van der Waals surface area contributed by atoms with Gasteiger partial charge >= 0.3 is 6.09 Å². The average Bonchev–Trinajstić information content (AvgIpc) is 3.04. The molecule has 0 saturated heterocycles. The second kappa shape index (κ2) is 12.8. The second-order valence-corrected chi connectivity index (χ2v) is 10.2. The average molecular weight is 536 g/mol. The van der Waals surface area contributed by atoms with Gasteiger partial charge in [0.15, 0.2) is 0 Å². The minimum absolute atomic E-state index is 0.403. The van der Waals surface area contributed by atoms with Gasteiger partial charge in [0, 0.05) is 24.9 Å².